The smallest absolute Gasteiger partial charge is 0.244 e. The minimum atomic E-state index is -0.104. The van der Waals surface area contributed by atoms with Gasteiger partial charge in [-0.05, 0) is 54.8 Å². The number of ether oxygens (including phenoxy) is 2. The van der Waals surface area contributed by atoms with E-state index in [0.717, 1.165) is 77.4 Å². The molecule has 0 saturated carbocycles. The van der Waals surface area contributed by atoms with E-state index in [9.17, 15) is 4.79 Å². The van der Waals surface area contributed by atoms with Gasteiger partial charge in [0.25, 0.3) is 0 Å². The van der Waals surface area contributed by atoms with Gasteiger partial charge in [0.15, 0.2) is 0 Å². The number of carbonyl (C=O) groups excluding carboxylic acids is 1. The first-order valence-electron chi connectivity index (χ1n) is 13.0. The molecule has 6 heteroatoms. The Bertz CT molecular complexity index is 1450. The zero-order valence-corrected chi connectivity index (χ0v) is 21.8. The monoisotopic (exact) mass is 498 g/mol. The van der Waals surface area contributed by atoms with Gasteiger partial charge in [-0.2, -0.15) is 0 Å². The molecule has 0 atom stereocenters. The lowest BCUT2D eigenvalue weighted by Crippen LogP contribution is -2.41. The number of morpholine rings is 1. The topological polar surface area (TPSA) is 63.9 Å². The Kier molecular flexibility index (Phi) is 7.58. The van der Waals surface area contributed by atoms with E-state index >= 15 is 0 Å². The predicted octanol–water partition coefficient (Wildman–Crippen LogP) is 5.81. The zero-order valence-electron chi connectivity index (χ0n) is 21.8. The molecule has 192 valence electrons. The van der Waals surface area contributed by atoms with E-state index in [1.54, 1.807) is 6.08 Å². The fraction of sp³-hybridized carbons (Fsp3) is 0.323. The molecule has 1 N–H and O–H groups in total. The van der Waals surface area contributed by atoms with Gasteiger partial charge in [0.2, 0.25) is 5.91 Å². The molecule has 1 aliphatic rings. The number of allylic oxidation sites excluding steroid dienone is 1. The van der Waals surface area contributed by atoms with Crippen molar-refractivity contribution in [3.8, 4) is 16.9 Å². The van der Waals surface area contributed by atoms with Gasteiger partial charge in [0.1, 0.15) is 11.3 Å². The molecule has 0 unspecified atom stereocenters. The Hall–Kier alpha value is -3.61. The van der Waals surface area contributed by atoms with Crippen molar-refractivity contribution in [2.75, 3.05) is 46.0 Å². The molecular weight excluding hydrogens is 464 g/mol. The number of rotatable bonds is 8. The number of amides is 1. The molecule has 3 aromatic carbocycles. The van der Waals surface area contributed by atoms with E-state index in [1.165, 1.54) is 10.8 Å². The molecule has 0 radical (unpaired) electrons. The van der Waals surface area contributed by atoms with Gasteiger partial charge in [-0.3, -0.25) is 9.69 Å². The van der Waals surface area contributed by atoms with Gasteiger partial charge in [-0.15, -0.1) is 0 Å². The normalized spacial score (nSPS) is 14.8. The lowest BCUT2D eigenvalue weighted by atomic mass is 9.95. The second kappa shape index (κ2) is 11.2. The highest BCUT2D eigenvalue weighted by Crippen LogP contribution is 2.41. The molecule has 1 fully saturated rings. The molecule has 1 amide bonds. The van der Waals surface area contributed by atoms with Gasteiger partial charge in [0, 0.05) is 54.3 Å². The first kappa shape index (κ1) is 25.1. The Morgan fingerprint density at radius 1 is 1.11 bits per heavy atom. The van der Waals surface area contributed by atoms with Crippen LogP contribution in [0.4, 0.5) is 0 Å². The Labute approximate surface area is 217 Å². The first-order chi connectivity index (χ1) is 18.0. The maximum atomic E-state index is 12.8. The third-order valence-corrected chi connectivity index (χ3v) is 7.00. The van der Waals surface area contributed by atoms with Crippen LogP contribution in [0, 0.1) is 6.92 Å². The quantitative estimate of drug-likeness (QED) is 0.311. The molecule has 0 aliphatic carbocycles. The van der Waals surface area contributed by atoms with Crippen molar-refractivity contribution in [2.24, 2.45) is 0 Å². The van der Waals surface area contributed by atoms with Crippen LogP contribution in [0.5, 0.6) is 5.75 Å². The first-order valence-corrected chi connectivity index (χ1v) is 13.0. The summed E-state index contributed by atoms with van der Waals surface area (Å²) < 4.78 is 17.5. The Morgan fingerprint density at radius 3 is 2.68 bits per heavy atom. The van der Waals surface area contributed by atoms with Gasteiger partial charge in [-0.25, -0.2) is 0 Å². The highest BCUT2D eigenvalue weighted by Gasteiger charge is 2.19. The molecule has 0 bridgehead atoms. The third kappa shape index (κ3) is 5.41. The number of furan rings is 1. The molecule has 0 spiro atoms. The van der Waals surface area contributed by atoms with Crippen LogP contribution in [0.15, 0.2) is 65.3 Å². The summed E-state index contributed by atoms with van der Waals surface area (Å²) in [6, 6.07) is 16.9. The molecule has 37 heavy (non-hydrogen) atoms. The van der Waals surface area contributed by atoms with Crippen molar-refractivity contribution in [1.82, 2.24) is 10.2 Å². The second-order valence-electron chi connectivity index (χ2n) is 9.47. The maximum absolute atomic E-state index is 12.8. The maximum Gasteiger partial charge on any atom is 0.244 e. The summed E-state index contributed by atoms with van der Waals surface area (Å²) in [7, 11) is 0. The average molecular weight is 499 g/mol. The lowest BCUT2D eigenvalue weighted by Gasteiger charge is -2.26. The molecule has 2 heterocycles. The minimum absolute atomic E-state index is 0.104. The van der Waals surface area contributed by atoms with E-state index in [2.05, 4.69) is 52.7 Å². The Morgan fingerprint density at radius 2 is 1.89 bits per heavy atom. The summed E-state index contributed by atoms with van der Waals surface area (Å²) in [6.07, 6.45) is 3.48. The fourth-order valence-corrected chi connectivity index (χ4v) is 5.01. The SMILES string of the molecule is CCOc1c(/C(C)=C/C(=O)NCCN2CCOCC2)cc2c(-c3ccc4ccccc4c3)coc2c1C. The van der Waals surface area contributed by atoms with E-state index in [0.29, 0.717) is 13.2 Å². The standard InChI is InChI=1S/C31H34N2O4/c1-4-36-30-22(3)31-27(28(20-37-31)25-10-9-23-7-5-6-8-24(23)18-25)19-26(30)21(2)17-29(34)32-11-12-33-13-15-35-16-14-33/h5-10,17-20H,4,11-16H2,1-3H3,(H,32,34)/b21-17+. The number of nitrogens with zero attached hydrogens (tertiary/aromatic N) is 1. The summed E-state index contributed by atoms with van der Waals surface area (Å²) in [4.78, 5) is 15.1. The molecule has 5 rings (SSSR count). The second-order valence-corrected chi connectivity index (χ2v) is 9.47. The number of hydrogen-bond donors (Lipinski definition) is 1. The molecule has 6 nitrogen and oxygen atoms in total. The average Bonchev–Trinajstić information content (AvgIpc) is 3.35. The highest BCUT2D eigenvalue weighted by molar-refractivity contribution is 6.02. The van der Waals surface area contributed by atoms with Crippen molar-refractivity contribution in [3.05, 3.63) is 72.0 Å². The van der Waals surface area contributed by atoms with Gasteiger partial charge >= 0.3 is 0 Å². The van der Waals surface area contributed by atoms with Crippen LogP contribution in [0.1, 0.15) is 25.0 Å². The Balaban J connectivity index is 1.45. The summed E-state index contributed by atoms with van der Waals surface area (Å²) in [5.74, 6) is 0.650. The van der Waals surface area contributed by atoms with Gasteiger partial charge in [-0.1, -0.05) is 36.4 Å². The van der Waals surface area contributed by atoms with E-state index < -0.39 is 0 Å². The van der Waals surface area contributed by atoms with Crippen molar-refractivity contribution >= 4 is 33.2 Å². The highest BCUT2D eigenvalue weighted by atomic mass is 16.5. The molecule has 1 saturated heterocycles. The van der Waals surface area contributed by atoms with E-state index in [4.69, 9.17) is 13.9 Å². The number of carbonyl (C=O) groups is 1. The van der Waals surface area contributed by atoms with Crippen molar-refractivity contribution in [1.29, 1.82) is 0 Å². The van der Waals surface area contributed by atoms with Crippen molar-refractivity contribution in [3.63, 3.8) is 0 Å². The van der Waals surface area contributed by atoms with E-state index in [1.807, 2.05) is 33.1 Å². The van der Waals surface area contributed by atoms with Crippen LogP contribution in [0.3, 0.4) is 0 Å². The number of hydrogen-bond acceptors (Lipinski definition) is 5. The van der Waals surface area contributed by atoms with Gasteiger partial charge in [0.05, 0.1) is 26.1 Å². The van der Waals surface area contributed by atoms with Crippen LogP contribution < -0.4 is 10.1 Å². The minimum Gasteiger partial charge on any atom is -0.493 e. The van der Waals surface area contributed by atoms with Crippen molar-refractivity contribution < 1.29 is 18.7 Å². The summed E-state index contributed by atoms with van der Waals surface area (Å²) in [5.41, 5.74) is 5.60. The number of fused-ring (bicyclic) bond motifs is 2. The lowest BCUT2D eigenvalue weighted by molar-refractivity contribution is -0.116. The fourth-order valence-electron chi connectivity index (χ4n) is 5.01. The molecule has 1 aliphatic heterocycles. The molecular formula is C31H34N2O4. The van der Waals surface area contributed by atoms with E-state index in [-0.39, 0.29) is 5.91 Å². The molecule has 1 aromatic heterocycles. The number of benzene rings is 3. The molecule has 4 aromatic rings. The summed E-state index contributed by atoms with van der Waals surface area (Å²) in [5, 5.41) is 6.42. The van der Waals surface area contributed by atoms with Gasteiger partial charge < -0.3 is 19.2 Å². The zero-order chi connectivity index (χ0) is 25.8. The summed E-state index contributed by atoms with van der Waals surface area (Å²) >= 11 is 0. The van der Waals surface area contributed by atoms with Crippen LogP contribution in [-0.4, -0.2) is 56.8 Å². The van der Waals surface area contributed by atoms with Crippen LogP contribution in [-0.2, 0) is 9.53 Å². The van der Waals surface area contributed by atoms with Crippen LogP contribution in [0.2, 0.25) is 0 Å². The number of aryl methyl sites for hydroxylation is 1. The van der Waals surface area contributed by atoms with Crippen LogP contribution >= 0.6 is 0 Å². The van der Waals surface area contributed by atoms with Crippen LogP contribution in [0.25, 0.3) is 38.4 Å². The summed E-state index contributed by atoms with van der Waals surface area (Å²) in [6.45, 7) is 11.2. The number of nitrogens with one attached hydrogen (secondary N) is 1. The third-order valence-electron chi connectivity index (χ3n) is 7.00. The largest absolute Gasteiger partial charge is 0.493 e. The predicted molar refractivity (Wildman–Crippen MR) is 149 cm³/mol. The van der Waals surface area contributed by atoms with Crippen molar-refractivity contribution in [2.45, 2.75) is 20.8 Å².